The molecular formula is C11H7BrFN3O. The predicted octanol–water partition coefficient (Wildman–Crippen LogP) is 2.63. The molecule has 1 aromatic carbocycles. The number of carbonyl (C=O) groups excluding carboxylic acids is 1. The summed E-state index contributed by atoms with van der Waals surface area (Å²) in [6.45, 7) is 0. The van der Waals surface area contributed by atoms with Crippen LogP contribution in [-0.4, -0.2) is 15.9 Å². The summed E-state index contributed by atoms with van der Waals surface area (Å²) in [7, 11) is 0. The second kappa shape index (κ2) is 5.01. The molecule has 0 saturated heterocycles. The maximum atomic E-state index is 12.9. The van der Waals surface area contributed by atoms with Crippen molar-refractivity contribution in [3.05, 3.63) is 52.8 Å². The van der Waals surface area contributed by atoms with Gasteiger partial charge < -0.3 is 5.32 Å². The van der Waals surface area contributed by atoms with Crippen LogP contribution < -0.4 is 5.32 Å². The average molecular weight is 296 g/mol. The van der Waals surface area contributed by atoms with Gasteiger partial charge in [0.25, 0.3) is 5.91 Å². The monoisotopic (exact) mass is 295 g/mol. The van der Waals surface area contributed by atoms with E-state index in [2.05, 4.69) is 31.2 Å². The first-order valence-corrected chi connectivity index (χ1v) is 5.47. The van der Waals surface area contributed by atoms with Crippen LogP contribution in [0, 0.1) is 5.82 Å². The first kappa shape index (κ1) is 11.7. The van der Waals surface area contributed by atoms with Crippen molar-refractivity contribution in [3.63, 3.8) is 0 Å². The molecule has 17 heavy (non-hydrogen) atoms. The zero-order valence-corrected chi connectivity index (χ0v) is 10.1. The zero-order valence-electron chi connectivity index (χ0n) is 8.52. The second-order valence-electron chi connectivity index (χ2n) is 3.21. The van der Waals surface area contributed by atoms with E-state index >= 15 is 0 Å². The number of hydrogen-bond donors (Lipinski definition) is 1. The number of nitrogens with one attached hydrogen (secondary N) is 1. The molecule has 1 aromatic heterocycles. The molecule has 0 aliphatic rings. The number of rotatable bonds is 2. The van der Waals surface area contributed by atoms with Crippen LogP contribution in [0.25, 0.3) is 0 Å². The van der Waals surface area contributed by atoms with Crippen LogP contribution in [-0.2, 0) is 0 Å². The Hall–Kier alpha value is -1.82. The Morgan fingerprint density at radius 2 is 2.00 bits per heavy atom. The fourth-order valence-corrected chi connectivity index (χ4v) is 1.77. The van der Waals surface area contributed by atoms with Crippen molar-refractivity contribution in [3.8, 4) is 0 Å². The first-order valence-electron chi connectivity index (χ1n) is 4.68. The highest BCUT2D eigenvalue weighted by atomic mass is 79.9. The van der Waals surface area contributed by atoms with Gasteiger partial charge in [-0.1, -0.05) is 0 Å². The maximum absolute atomic E-state index is 12.9. The number of benzene rings is 1. The van der Waals surface area contributed by atoms with E-state index in [1.807, 2.05) is 0 Å². The molecule has 0 saturated carbocycles. The average Bonchev–Trinajstić information content (AvgIpc) is 2.30. The van der Waals surface area contributed by atoms with E-state index in [0.717, 1.165) is 0 Å². The van der Waals surface area contributed by atoms with Gasteiger partial charge in [-0.05, 0) is 34.1 Å². The Bertz CT molecular complexity index is 548. The summed E-state index contributed by atoms with van der Waals surface area (Å²) in [4.78, 5) is 19.4. The smallest absolute Gasteiger partial charge is 0.256 e. The maximum Gasteiger partial charge on any atom is 0.256 e. The number of anilines is 1. The van der Waals surface area contributed by atoms with Crippen LogP contribution in [0.3, 0.4) is 0 Å². The van der Waals surface area contributed by atoms with Gasteiger partial charge in [-0.3, -0.25) is 4.79 Å². The van der Waals surface area contributed by atoms with Gasteiger partial charge in [0.15, 0.2) is 0 Å². The minimum absolute atomic E-state index is 0.343. The first-order chi connectivity index (χ1) is 8.16. The summed E-state index contributed by atoms with van der Waals surface area (Å²) >= 11 is 3.13. The van der Waals surface area contributed by atoms with E-state index in [9.17, 15) is 9.18 Å². The molecule has 1 heterocycles. The molecule has 0 unspecified atom stereocenters. The van der Waals surface area contributed by atoms with Gasteiger partial charge in [0.05, 0.1) is 23.6 Å². The summed E-state index contributed by atoms with van der Waals surface area (Å²) in [5.74, 6) is -0.761. The zero-order chi connectivity index (χ0) is 12.3. The molecule has 0 atom stereocenters. The Balaban J connectivity index is 2.21. The highest BCUT2D eigenvalue weighted by molar-refractivity contribution is 9.10. The third-order valence-electron chi connectivity index (χ3n) is 1.99. The Morgan fingerprint density at radius 3 is 2.65 bits per heavy atom. The molecule has 0 aliphatic carbocycles. The largest absolute Gasteiger partial charge is 0.319 e. The number of halogens is 2. The van der Waals surface area contributed by atoms with Crippen molar-refractivity contribution in [2.24, 2.45) is 0 Å². The Kier molecular flexibility index (Phi) is 3.43. The molecule has 0 radical (unpaired) electrons. The molecule has 2 rings (SSSR count). The minimum atomic E-state index is -0.406. The fraction of sp³-hybridized carbons (Fsp3) is 0. The van der Waals surface area contributed by atoms with Crippen molar-refractivity contribution >= 4 is 27.5 Å². The van der Waals surface area contributed by atoms with Crippen LogP contribution in [0.4, 0.5) is 10.1 Å². The standard InChI is InChI=1S/C11H7BrFN3O/c12-10-3-7(13)1-2-9(10)11(17)16-8-4-14-6-15-5-8/h1-6H,(H,16,17). The van der Waals surface area contributed by atoms with E-state index in [1.54, 1.807) is 0 Å². The van der Waals surface area contributed by atoms with Crippen molar-refractivity contribution in [2.75, 3.05) is 5.32 Å². The lowest BCUT2D eigenvalue weighted by molar-refractivity contribution is 0.102. The highest BCUT2D eigenvalue weighted by Gasteiger charge is 2.10. The number of nitrogens with zero attached hydrogens (tertiary/aromatic N) is 2. The van der Waals surface area contributed by atoms with Gasteiger partial charge in [-0.2, -0.15) is 0 Å². The molecule has 4 nitrogen and oxygen atoms in total. The third-order valence-corrected chi connectivity index (χ3v) is 2.65. The summed E-state index contributed by atoms with van der Waals surface area (Å²) in [6, 6.07) is 3.86. The van der Waals surface area contributed by atoms with Gasteiger partial charge in [0, 0.05) is 4.47 Å². The van der Waals surface area contributed by atoms with Crippen LogP contribution in [0.2, 0.25) is 0 Å². The molecule has 0 bridgehead atoms. The van der Waals surface area contributed by atoms with Gasteiger partial charge in [-0.25, -0.2) is 14.4 Å². The van der Waals surface area contributed by atoms with E-state index in [1.165, 1.54) is 36.9 Å². The molecule has 6 heteroatoms. The molecule has 0 spiro atoms. The van der Waals surface area contributed by atoms with Gasteiger partial charge >= 0.3 is 0 Å². The number of hydrogen-bond acceptors (Lipinski definition) is 3. The summed E-state index contributed by atoms with van der Waals surface area (Å²) in [5.41, 5.74) is 0.823. The van der Waals surface area contributed by atoms with Crippen molar-refractivity contribution in [1.82, 2.24) is 9.97 Å². The summed E-state index contributed by atoms with van der Waals surface area (Å²) in [6.07, 6.45) is 4.31. The highest BCUT2D eigenvalue weighted by Crippen LogP contribution is 2.19. The number of carbonyl (C=O) groups is 1. The molecule has 0 aliphatic heterocycles. The summed E-state index contributed by atoms with van der Waals surface area (Å²) < 4.78 is 13.3. The fourth-order valence-electron chi connectivity index (χ4n) is 1.24. The van der Waals surface area contributed by atoms with Crippen LogP contribution >= 0.6 is 15.9 Å². The summed E-state index contributed by atoms with van der Waals surface area (Å²) in [5, 5.41) is 2.60. The molecule has 1 amide bonds. The third kappa shape index (κ3) is 2.85. The van der Waals surface area contributed by atoms with E-state index in [-0.39, 0.29) is 5.91 Å². The van der Waals surface area contributed by atoms with Crippen LogP contribution in [0.5, 0.6) is 0 Å². The number of amides is 1. The Labute approximate surface area is 105 Å². The molecule has 0 fully saturated rings. The predicted molar refractivity (Wildman–Crippen MR) is 64.1 cm³/mol. The minimum Gasteiger partial charge on any atom is -0.319 e. The normalized spacial score (nSPS) is 10.0. The quantitative estimate of drug-likeness (QED) is 0.927. The lowest BCUT2D eigenvalue weighted by Crippen LogP contribution is -2.13. The van der Waals surface area contributed by atoms with Crippen molar-refractivity contribution in [2.45, 2.75) is 0 Å². The second-order valence-corrected chi connectivity index (χ2v) is 4.06. The Morgan fingerprint density at radius 1 is 1.29 bits per heavy atom. The van der Waals surface area contributed by atoms with Gasteiger partial charge in [0.2, 0.25) is 0 Å². The SMILES string of the molecule is O=C(Nc1cncnc1)c1ccc(F)cc1Br. The van der Waals surface area contributed by atoms with E-state index < -0.39 is 5.82 Å². The number of aromatic nitrogens is 2. The van der Waals surface area contributed by atoms with Crippen molar-refractivity contribution < 1.29 is 9.18 Å². The molecular weight excluding hydrogens is 289 g/mol. The molecule has 86 valence electrons. The molecule has 1 N–H and O–H groups in total. The topological polar surface area (TPSA) is 54.9 Å². The van der Waals surface area contributed by atoms with E-state index in [4.69, 9.17) is 0 Å². The van der Waals surface area contributed by atoms with Gasteiger partial charge in [0.1, 0.15) is 12.1 Å². The lowest BCUT2D eigenvalue weighted by atomic mass is 10.2. The van der Waals surface area contributed by atoms with Crippen LogP contribution in [0.1, 0.15) is 10.4 Å². The van der Waals surface area contributed by atoms with Gasteiger partial charge in [-0.15, -0.1) is 0 Å². The lowest BCUT2D eigenvalue weighted by Gasteiger charge is -2.05. The van der Waals surface area contributed by atoms with Crippen molar-refractivity contribution in [1.29, 1.82) is 0 Å². The van der Waals surface area contributed by atoms with Crippen LogP contribution in [0.15, 0.2) is 41.4 Å². The molecule has 2 aromatic rings. The van der Waals surface area contributed by atoms with E-state index in [0.29, 0.717) is 15.7 Å².